The highest BCUT2D eigenvalue weighted by atomic mass is 35.5. The normalized spacial score (nSPS) is 10.4. The Bertz CT molecular complexity index is 425. The first-order valence-electron chi connectivity index (χ1n) is 4.18. The molecular weight excluding hydrogens is 216 g/mol. The van der Waals surface area contributed by atoms with Gasteiger partial charge in [0.15, 0.2) is 5.15 Å². The van der Waals surface area contributed by atoms with Crippen LogP contribution in [-0.2, 0) is 7.05 Å². The minimum Gasteiger partial charge on any atom is -0.260 e. The molecule has 14 heavy (non-hydrogen) atoms. The smallest absolute Gasteiger partial charge is 0.152 e. The summed E-state index contributed by atoms with van der Waals surface area (Å²) in [6.07, 6.45) is 0. The van der Waals surface area contributed by atoms with Crippen molar-refractivity contribution in [2.45, 2.75) is 9.92 Å². The van der Waals surface area contributed by atoms with Crippen LogP contribution in [0.3, 0.4) is 0 Å². The van der Waals surface area contributed by atoms with Crippen molar-refractivity contribution in [1.29, 1.82) is 0 Å². The Morgan fingerprint density at radius 3 is 2.57 bits per heavy atom. The first-order chi connectivity index (χ1) is 6.75. The van der Waals surface area contributed by atoms with Crippen LogP contribution in [-0.4, -0.2) is 9.78 Å². The Labute approximate surface area is 91.9 Å². The van der Waals surface area contributed by atoms with E-state index in [4.69, 9.17) is 11.6 Å². The highest BCUT2D eigenvalue weighted by Crippen LogP contribution is 2.28. The SMILES string of the molecule is Cn1nc(Cl)cc1Sc1ccccc1. The Morgan fingerprint density at radius 2 is 2.00 bits per heavy atom. The van der Waals surface area contributed by atoms with E-state index in [1.807, 2.05) is 31.3 Å². The van der Waals surface area contributed by atoms with Crippen molar-refractivity contribution in [2.24, 2.45) is 7.05 Å². The molecule has 0 saturated carbocycles. The van der Waals surface area contributed by atoms with Gasteiger partial charge in [0.25, 0.3) is 0 Å². The molecule has 0 unspecified atom stereocenters. The zero-order valence-corrected chi connectivity index (χ0v) is 9.22. The van der Waals surface area contributed by atoms with Crippen LogP contribution in [0.5, 0.6) is 0 Å². The molecule has 0 amide bonds. The van der Waals surface area contributed by atoms with Gasteiger partial charge < -0.3 is 0 Å². The average molecular weight is 225 g/mol. The lowest BCUT2D eigenvalue weighted by molar-refractivity contribution is 0.699. The van der Waals surface area contributed by atoms with E-state index in [2.05, 4.69) is 17.2 Å². The fourth-order valence-electron chi connectivity index (χ4n) is 1.12. The molecule has 0 saturated heterocycles. The molecule has 1 heterocycles. The maximum Gasteiger partial charge on any atom is 0.152 e. The topological polar surface area (TPSA) is 17.8 Å². The molecule has 2 rings (SSSR count). The molecule has 0 spiro atoms. The summed E-state index contributed by atoms with van der Waals surface area (Å²) in [7, 11) is 1.89. The lowest BCUT2D eigenvalue weighted by Gasteiger charge is -2.00. The molecule has 0 radical (unpaired) electrons. The summed E-state index contributed by atoms with van der Waals surface area (Å²) in [5.41, 5.74) is 0. The van der Waals surface area contributed by atoms with Crippen molar-refractivity contribution in [2.75, 3.05) is 0 Å². The standard InChI is InChI=1S/C10H9ClN2S/c1-13-10(7-9(11)12-13)14-8-5-3-2-4-6-8/h2-7H,1H3. The van der Waals surface area contributed by atoms with Crippen LogP contribution in [0.4, 0.5) is 0 Å². The second-order valence-corrected chi connectivity index (χ2v) is 4.33. The van der Waals surface area contributed by atoms with Crippen molar-refractivity contribution < 1.29 is 0 Å². The third-order valence-electron chi connectivity index (χ3n) is 1.77. The molecular formula is C10H9ClN2S. The van der Waals surface area contributed by atoms with Gasteiger partial charge in [-0.15, -0.1) is 0 Å². The Balaban J connectivity index is 2.23. The number of hydrogen-bond acceptors (Lipinski definition) is 2. The van der Waals surface area contributed by atoms with Crippen LogP contribution in [0, 0.1) is 0 Å². The van der Waals surface area contributed by atoms with Gasteiger partial charge in [0.2, 0.25) is 0 Å². The van der Waals surface area contributed by atoms with Gasteiger partial charge in [0, 0.05) is 18.0 Å². The Morgan fingerprint density at radius 1 is 1.29 bits per heavy atom. The van der Waals surface area contributed by atoms with Crippen LogP contribution in [0.2, 0.25) is 5.15 Å². The average Bonchev–Trinajstić information content (AvgIpc) is 2.47. The van der Waals surface area contributed by atoms with E-state index in [0.29, 0.717) is 5.15 Å². The number of halogens is 1. The predicted molar refractivity (Wildman–Crippen MR) is 58.8 cm³/mol. The van der Waals surface area contributed by atoms with Gasteiger partial charge in [-0.3, -0.25) is 4.68 Å². The largest absolute Gasteiger partial charge is 0.260 e. The second-order valence-electron chi connectivity index (χ2n) is 2.84. The predicted octanol–water partition coefficient (Wildman–Crippen LogP) is 3.22. The molecule has 2 nitrogen and oxygen atoms in total. The van der Waals surface area contributed by atoms with Crippen LogP contribution in [0.15, 0.2) is 46.3 Å². The van der Waals surface area contributed by atoms with Crippen molar-refractivity contribution >= 4 is 23.4 Å². The van der Waals surface area contributed by atoms with Gasteiger partial charge in [0.1, 0.15) is 0 Å². The maximum atomic E-state index is 5.79. The maximum absolute atomic E-state index is 5.79. The highest BCUT2D eigenvalue weighted by molar-refractivity contribution is 7.99. The number of aryl methyl sites for hydroxylation is 1. The minimum absolute atomic E-state index is 0.533. The zero-order chi connectivity index (χ0) is 9.97. The monoisotopic (exact) mass is 224 g/mol. The van der Waals surface area contributed by atoms with Crippen molar-refractivity contribution in [3.63, 3.8) is 0 Å². The van der Waals surface area contributed by atoms with Crippen molar-refractivity contribution in [1.82, 2.24) is 9.78 Å². The molecule has 0 bridgehead atoms. The van der Waals surface area contributed by atoms with Crippen LogP contribution in [0.1, 0.15) is 0 Å². The first-order valence-corrected chi connectivity index (χ1v) is 5.37. The molecule has 2 aromatic rings. The quantitative estimate of drug-likeness (QED) is 0.780. The summed E-state index contributed by atoms with van der Waals surface area (Å²) >= 11 is 7.44. The van der Waals surface area contributed by atoms with E-state index in [-0.39, 0.29) is 0 Å². The third kappa shape index (κ3) is 2.11. The molecule has 0 aliphatic heterocycles. The second kappa shape index (κ2) is 4.07. The van der Waals surface area contributed by atoms with Gasteiger partial charge in [-0.05, 0) is 12.1 Å². The molecule has 0 fully saturated rings. The number of nitrogens with zero attached hydrogens (tertiary/aromatic N) is 2. The number of benzene rings is 1. The molecule has 0 N–H and O–H groups in total. The van der Waals surface area contributed by atoms with E-state index in [1.165, 1.54) is 4.90 Å². The molecule has 1 aromatic carbocycles. The molecule has 4 heteroatoms. The lowest BCUT2D eigenvalue weighted by Crippen LogP contribution is -1.91. The lowest BCUT2D eigenvalue weighted by atomic mass is 10.4. The first kappa shape index (κ1) is 9.62. The fraction of sp³-hybridized carbons (Fsp3) is 0.100. The van der Waals surface area contributed by atoms with E-state index in [9.17, 15) is 0 Å². The van der Waals surface area contributed by atoms with E-state index < -0.39 is 0 Å². The molecule has 0 aliphatic carbocycles. The third-order valence-corrected chi connectivity index (χ3v) is 3.06. The summed E-state index contributed by atoms with van der Waals surface area (Å²) in [6.45, 7) is 0. The zero-order valence-electron chi connectivity index (χ0n) is 7.64. The van der Waals surface area contributed by atoms with Gasteiger partial charge in [0.05, 0.1) is 5.03 Å². The molecule has 72 valence electrons. The highest BCUT2D eigenvalue weighted by Gasteiger charge is 2.04. The van der Waals surface area contributed by atoms with E-state index >= 15 is 0 Å². The van der Waals surface area contributed by atoms with E-state index in [1.54, 1.807) is 16.4 Å². The van der Waals surface area contributed by atoms with Crippen LogP contribution < -0.4 is 0 Å². The number of aromatic nitrogens is 2. The fourth-order valence-corrected chi connectivity index (χ4v) is 2.28. The molecule has 0 aliphatic rings. The van der Waals surface area contributed by atoms with Gasteiger partial charge >= 0.3 is 0 Å². The minimum atomic E-state index is 0.533. The van der Waals surface area contributed by atoms with Gasteiger partial charge in [-0.2, -0.15) is 5.10 Å². The summed E-state index contributed by atoms with van der Waals surface area (Å²) < 4.78 is 1.78. The number of hydrogen-bond donors (Lipinski definition) is 0. The summed E-state index contributed by atoms with van der Waals surface area (Å²) in [4.78, 5) is 1.19. The number of rotatable bonds is 2. The van der Waals surface area contributed by atoms with Crippen molar-refractivity contribution in [3.8, 4) is 0 Å². The van der Waals surface area contributed by atoms with E-state index in [0.717, 1.165) is 5.03 Å². The molecule has 1 aromatic heterocycles. The van der Waals surface area contributed by atoms with Gasteiger partial charge in [-0.1, -0.05) is 41.6 Å². The summed E-state index contributed by atoms with van der Waals surface area (Å²) in [6, 6.07) is 12.0. The summed E-state index contributed by atoms with van der Waals surface area (Å²) in [5, 5.41) is 5.64. The Kier molecular flexibility index (Phi) is 2.79. The molecule has 0 atom stereocenters. The Hall–Kier alpha value is -0.930. The van der Waals surface area contributed by atoms with Crippen LogP contribution >= 0.6 is 23.4 Å². The van der Waals surface area contributed by atoms with Gasteiger partial charge in [-0.25, -0.2) is 0 Å². The van der Waals surface area contributed by atoms with Crippen LogP contribution in [0.25, 0.3) is 0 Å². The summed E-state index contributed by atoms with van der Waals surface area (Å²) in [5.74, 6) is 0. The van der Waals surface area contributed by atoms with Crippen molar-refractivity contribution in [3.05, 3.63) is 41.6 Å².